The van der Waals surface area contributed by atoms with Gasteiger partial charge in [-0.1, -0.05) is 24.6 Å². The lowest BCUT2D eigenvalue weighted by molar-refractivity contribution is 0.0808. The third-order valence-corrected chi connectivity index (χ3v) is 3.06. The summed E-state index contributed by atoms with van der Waals surface area (Å²) in [5, 5.41) is 0. The zero-order valence-corrected chi connectivity index (χ0v) is 11.0. The van der Waals surface area contributed by atoms with E-state index in [1.165, 1.54) is 11.1 Å². The van der Waals surface area contributed by atoms with E-state index in [1.807, 2.05) is 6.92 Å². The number of ether oxygens (including phenoxy) is 2. The maximum absolute atomic E-state index is 5.73. The minimum Gasteiger partial charge on any atom is -0.381 e. The molecule has 0 radical (unpaired) electrons. The van der Waals surface area contributed by atoms with Crippen molar-refractivity contribution >= 4 is 0 Å². The van der Waals surface area contributed by atoms with Crippen molar-refractivity contribution in [1.82, 2.24) is 0 Å². The van der Waals surface area contributed by atoms with Gasteiger partial charge in [-0.3, -0.25) is 0 Å². The fraction of sp³-hybridized carbons (Fsp3) is 0.714. The van der Waals surface area contributed by atoms with Crippen LogP contribution in [0.2, 0.25) is 0 Å². The van der Waals surface area contributed by atoms with E-state index in [0.29, 0.717) is 5.92 Å². The molecule has 0 saturated heterocycles. The molecule has 0 N–H and O–H groups in total. The first-order chi connectivity index (χ1) is 7.69. The Labute approximate surface area is 99.3 Å². The van der Waals surface area contributed by atoms with Gasteiger partial charge < -0.3 is 9.47 Å². The zero-order valence-electron chi connectivity index (χ0n) is 11.0. The molecule has 2 atom stereocenters. The Bertz CT molecular complexity index is 266. The van der Waals surface area contributed by atoms with Gasteiger partial charge in [-0.2, -0.15) is 0 Å². The summed E-state index contributed by atoms with van der Waals surface area (Å²) in [5.74, 6) is 0.493. The molecule has 0 aromatic carbocycles. The van der Waals surface area contributed by atoms with Gasteiger partial charge in [0.25, 0.3) is 0 Å². The summed E-state index contributed by atoms with van der Waals surface area (Å²) in [5.41, 5.74) is 2.77. The summed E-state index contributed by atoms with van der Waals surface area (Å²) in [7, 11) is 0. The molecular weight excluding hydrogens is 200 g/mol. The summed E-state index contributed by atoms with van der Waals surface area (Å²) in [6.45, 7) is 10.8. The van der Waals surface area contributed by atoms with Crippen LogP contribution in [0.15, 0.2) is 23.3 Å². The SMILES string of the molecule is CCOCC(C)C1=CC=C(C)C(OCC)C1. The van der Waals surface area contributed by atoms with Gasteiger partial charge in [0.05, 0.1) is 12.7 Å². The second-order valence-corrected chi connectivity index (χ2v) is 4.36. The molecule has 0 amide bonds. The maximum atomic E-state index is 5.73. The van der Waals surface area contributed by atoms with Crippen LogP contribution in [0.5, 0.6) is 0 Å². The molecule has 92 valence electrons. The standard InChI is InChI=1S/C14H24O2/c1-5-15-10-12(4)13-8-7-11(3)14(9-13)16-6-2/h7-8,12,14H,5-6,9-10H2,1-4H3. The number of hydrogen-bond acceptors (Lipinski definition) is 2. The Hall–Kier alpha value is -0.600. The van der Waals surface area contributed by atoms with Gasteiger partial charge in [-0.15, -0.1) is 0 Å². The second kappa shape index (κ2) is 6.87. The van der Waals surface area contributed by atoms with Crippen LogP contribution in [-0.4, -0.2) is 25.9 Å². The number of rotatable bonds is 6. The fourth-order valence-electron chi connectivity index (χ4n) is 1.95. The Balaban J connectivity index is 2.55. The van der Waals surface area contributed by atoms with E-state index in [1.54, 1.807) is 0 Å². The largest absolute Gasteiger partial charge is 0.381 e. The molecule has 0 spiro atoms. The number of hydrogen-bond donors (Lipinski definition) is 0. The predicted octanol–water partition coefficient (Wildman–Crippen LogP) is 3.34. The van der Waals surface area contributed by atoms with E-state index < -0.39 is 0 Å². The van der Waals surface area contributed by atoms with Gasteiger partial charge in [0.1, 0.15) is 0 Å². The topological polar surface area (TPSA) is 18.5 Å². The van der Waals surface area contributed by atoms with Gasteiger partial charge in [0.15, 0.2) is 0 Å². The fourth-order valence-corrected chi connectivity index (χ4v) is 1.95. The van der Waals surface area contributed by atoms with Gasteiger partial charge in [0, 0.05) is 19.1 Å². The van der Waals surface area contributed by atoms with Crippen LogP contribution in [-0.2, 0) is 9.47 Å². The van der Waals surface area contributed by atoms with Crippen molar-refractivity contribution in [1.29, 1.82) is 0 Å². The van der Waals surface area contributed by atoms with E-state index in [2.05, 4.69) is 32.9 Å². The molecule has 0 aromatic heterocycles. The van der Waals surface area contributed by atoms with E-state index in [4.69, 9.17) is 9.47 Å². The molecule has 0 bridgehead atoms. The molecule has 0 fully saturated rings. The van der Waals surface area contributed by atoms with Crippen molar-refractivity contribution in [3.8, 4) is 0 Å². The lowest BCUT2D eigenvalue weighted by Gasteiger charge is -2.26. The second-order valence-electron chi connectivity index (χ2n) is 4.36. The average Bonchev–Trinajstić information content (AvgIpc) is 2.29. The van der Waals surface area contributed by atoms with Crippen molar-refractivity contribution in [2.75, 3.05) is 19.8 Å². The van der Waals surface area contributed by atoms with E-state index in [9.17, 15) is 0 Å². The van der Waals surface area contributed by atoms with Gasteiger partial charge >= 0.3 is 0 Å². The number of allylic oxidation sites excluding steroid dienone is 2. The van der Waals surface area contributed by atoms with Crippen molar-refractivity contribution in [2.24, 2.45) is 5.92 Å². The maximum Gasteiger partial charge on any atom is 0.0822 e. The van der Waals surface area contributed by atoms with Crippen LogP contribution >= 0.6 is 0 Å². The van der Waals surface area contributed by atoms with E-state index >= 15 is 0 Å². The summed E-state index contributed by atoms with van der Waals surface area (Å²) < 4.78 is 11.2. The Morgan fingerprint density at radius 2 is 2.06 bits per heavy atom. The molecule has 1 aliphatic carbocycles. The van der Waals surface area contributed by atoms with Gasteiger partial charge in [-0.05, 0) is 32.8 Å². The van der Waals surface area contributed by atoms with Crippen molar-refractivity contribution in [3.05, 3.63) is 23.3 Å². The molecule has 0 heterocycles. The van der Waals surface area contributed by atoms with Gasteiger partial charge in [-0.25, -0.2) is 0 Å². The molecule has 2 heteroatoms. The van der Waals surface area contributed by atoms with Crippen LogP contribution in [0.25, 0.3) is 0 Å². The normalized spacial score (nSPS) is 22.6. The monoisotopic (exact) mass is 224 g/mol. The highest BCUT2D eigenvalue weighted by Crippen LogP contribution is 2.26. The molecule has 2 unspecified atom stereocenters. The highest BCUT2D eigenvalue weighted by atomic mass is 16.5. The predicted molar refractivity (Wildman–Crippen MR) is 67.5 cm³/mol. The lowest BCUT2D eigenvalue weighted by atomic mass is 9.89. The Morgan fingerprint density at radius 1 is 1.31 bits per heavy atom. The summed E-state index contributed by atoms with van der Waals surface area (Å²) in [4.78, 5) is 0. The summed E-state index contributed by atoms with van der Waals surface area (Å²) in [6, 6.07) is 0. The van der Waals surface area contributed by atoms with Crippen molar-refractivity contribution in [3.63, 3.8) is 0 Å². The van der Waals surface area contributed by atoms with E-state index in [0.717, 1.165) is 26.2 Å². The van der Waals surface area contributed by atoms with Crippen LogP contribution in [0.1, 0.15) is 34.1 Å². The molecular formula is C14H24O2. The molecule has 2 nitrogen and oxygen atoms in total. The highest BCUT2D eigenvalue weighted by molar-refractivity contribution is 5.27. The quantitative estimate of drug-likeness (QED) is 0.689. The average molecular weight is 224 g/mol. The highest BCUT2D eigenvalue weighted by Gasteiger charge is 2.19. The summed E-state index contributed by atoms with van der Waals surface area (Å²) in [6.07, 6.45) is 5.70. The van der Waals surface area contributed by atoms with Gasteiger partial charge in [0.2, 0.25) is 0 Å². The van der Waals surface area contributed by atoms with Crippen LogP contribution in [0.4, 0.5) is 0 Å². The molecule has 0 aromatic rings. The van der Waals surface area contributed by atoms with Crippen LogP contribution in [0.3, 0.4) is 0 Å². The van der Waals surface area contributed by atoms with E-state index in [-0.39, 0.29) is 6.10 Å². The van der Waals surface area contributed by atoms with Crippen molar-refractivity contribution < 1.29 is 9.47 Å². The Kier molecular flexibility index (Phi) is 5.78. The first-order valence-corrected chi connectivity index (χ1v) is 6.25. The first-order valence-electron chi connectivity index (χ1n) is 6.25. The third kappa shape index (κ3) is 3.76. The molecule has 1 aliphatic rings. The molecule has 0 aliphatic heterocycles. The van der Waals surface area contributed by atoms with Crippen molar-refractivity contribution in [2.45, 2.75) is 40.2 Å². The minimum atomic E-state index is 0.272. The first kappa shape index (κ1) is 13.5. The molecule has 1 rings (SSSR count). The smallest absolute Gasteiger partial charge is 0.0822 e. The minimum absolute atomic E-state index is 0.272. The third-order valence-electron chi connectivity index (χ3n) is 3.06. The Morgan fingerprint density at radius 3 is 2.69 bits per heavy atom. The summed E-state index contributed by atoms with van der Waals surface area (Å²) >= 11 is 0. The van der Waals surface area contributed by atoms with Crippen LogP contribution in [0, 0.1) is 5.92 Å². The van der Waals surface area contributed by atoms with Crippen LogP contribution < -0.4 is 0 Å². The zero-order chi connectivity index (χ0) is 12.0. The lowest BCUT2D eigenvalue weighted by Crippen LogP contribution is -2.21. The molecule has 0 saturated carbocycles. The molecule has 16 heavy (non-hydrogen) atoms.